The standard InChI is InChI=1S/C17H19F3N4O/c1-12-8-14(2-5-21-12)23-6-3-13(4-7-23)10-24-11-22-15(9-16(24)25)17(18,19)20/h2,5,8-9,11,13H,3-4,6-7,10H2,1H3. The zero-order valence-electron chi connectivity index (χ0n) is 13.8. The molecule has 134 valence electrons. The molecule has 25 heavy (non-hydrogen) atoms. The summed E-state index contributed by atoms with van der Waals surface area (Å²) in [5.41, 5.74) is 0.285. The van der Waals surface area contributed by atoms with Crippen LogP contribution in [-0.2, 0) is 12.7 Å². The maximum atomic E-state index is 12.6. The molecule has 2 aromatic rings. The van der Waals surface area contributed by atoms with Gasteiger partial charge in [-0.2, -0.15) is 13.2 Å². The van der Waals surface area contributed by atoms with Crippen LogP contribution in [0.3, 0.4) is 0 Å². The van der Waals surface area contributed by atoms with E-state index >= 15 is 0 Å². The first-order valence-corrected chi connectivity index (χ1v) is 8.14. The third kappa shape index (κ3) is 4.18. The molecule has 0 aliphatic carbocycles. The van der Waals surface area contributed by atoms with Crippen molar-refractivity contribution in [1.29, 1.82) is 0 Å². The Balaban J connectivity index is 1.62. The molecule has 1 fully saturated rings. The second kappa shape index (κ2) is 6.85. The summed E-state index contributed by atoms with van der Waals surface area (Å²) in [4.78, 5) is 21.7. The Morgan fingerprint density at radius 2 is 1.92 bits per heavy atom. The molecule has 0 bridgehead atoms. The summed E-state index contributed by atoms with van der Waals surface area (Å²) in [5, 5.41) is 0. The molecule has 0 N–H and O–H groups in total. The van der Waals surface area contributed by atoms with Crippen LogP contribution in [-0.4, -0.2) is 27.6 Å². The lowest BCUT2D eigenvalue weighted by molar-refractivity contribution is -0.141. The maximum Gasteiger partial charge on any atom is 0.433 e. The number of aryl methyl sites for hydroxylation is 1. The van der Waals surface area contributed by atoms with Crippen LogP contribution in [0.5, 0.6) is 0 Å². The van der Waals surface area contributed by atoms with Crippen molar-refractivity contribution in [3.8, 4) is 0 Å². The Bertz CT molecular complexity index is 795. The van der Waals surface area contributed by atoms with Gasteiger partial charge < -0.3 is 4.90 Å². The van der Waals surface area contributed by atoms with Gasteiger partial charge in [0.1, 0.15) is 0 Å². The SMILES string of the molecule is Cc1cc(N2CCC(Cn3cnc(C(F)(F)F)cc3=O)CC2)ccn1. The number of rotatable bonds is 3. The number of alkyl halides is 3. The van der Waals surface area contributed by atoms with Crippen LogP contribution in [0.4, 0.5) is 18.9 Å². The second-order valence-corrected chi connectivity index (χ2v) is 6.35. The highest BCUT2D eigenvalue weighted by molar-refractivity contribution is 5.46. The van der Waals surface area contributed by atoms with Crippen molar-refractivity contribution in [1.82, 2.24) is 14.5 Å². The number of anilines is 1. The maximum absolute atomic E-state index is 12.6. The van der Waals surface area contributed by atoms with Gasteiger partial charge in [-0.15, -0.1) is 0 Å². The third-order valence-electron chi connectivity index (χ3n) is 4.48. The topological polar surface area (TPSA) is 51.0 Å². The van der Waals surface area contributed by atoms with E-state index in [2.05, 4.69) is 14.9 Å². The zero-order chi connectivity index (χ0) is 18.0. The predicted octanol–water partition coefficient (Wildman–Crippen LogP) is 2.88. The van der Waals surface area contributed by atoms with Crippen LogP contribution >= 0.6 is 0 Å². The van der Waals surface area contributed by atoms with Crippen molar-refractivity contribution in [3.05, 3.63) is 52.5 Å². The van der Waals surface area contributed by atoms with E-state index in [1.54, 1.807) is 6.20 Å². The van der Waals surface area contributed by atoms with E-state index < -0.39 is 17.4 Å². The van der Waals surface area contributed by atoms with Gasteiger partial charge in [-0.25, -0.2) is 4.98 Å². The first kappa shape index (κ1) is 17.4. The molecule has 0 amide bonds. The number of pyridine rings is 1. The molecule has 3 heterocycles. The average molecular weight is 352 g/mol. The quantitative estimate of drug-likeness (QED) is 0.852. The molecule has 0 radical (unpaired) electrons. The van der Waals surface area contributed by atoms with Crippen molar-refractivity contribution >= 4 is 5.69 Å². The van der Waals surface area contributed by atoms with Gasteiger partial charge in [0.25, 0.3) is 5.56 Å². The number of piperidine rings is 1. The van der Waals surface area contributed by atoms with Gasteiger partial charge in [0.15, 0.2) is 5.69 Å². The summed E-state index contributed by atoms with van der Waals surface area (Å²) in [5.74, 6) is 0.246. The van der Waals surface area contributed by atoms with E-state index in [1.165, 1.54) is 4.57 Å². The summed E-state index contributed by atoms with van der Waals surface area (Å²) in [6.45, 7) is 4.03. The molecule has 1 aliphatic rings. The van der Waals surface area contributed by atoms with E-state index in [-0.39, 0.29) is 5.92 Å². The molecule has 0 atom stereocenters. The number of nitrogens with zero attached hydrogens (tertiary/aromatic N) is 4. The Labute approximate surface area is 143 Å². The van der Waals surface area contributed by atoms with Crippen LogP contribution < -0.4 is 10.5 Å². The first-order valence-electron chi connectivity index (χ1n) is 8.14. The molecule has 0 aromatic carbocycles. The van der Waals surface area contributed by atoms with Crippen LogP contribution in [0.1, 0.15) is 24.2 Å². The average Bonchev–Trinajstić information content (AvgIpc) is 2.56. The van der Waals surface area contributed by atoms with Crippen molar-refractivity contribution in [2.24, 2.45) is 5.92 Å². The minimum Gasteiger partial charge on any atom is -0.371 e. The van der Waals surface area contributed by atoms with E-state index in [0.29, 0.717) is 12.6 Å². The van der Waals surface area contributed by atoms with Crippen molar-refractivity contribution in [3.63, 3.8) is 0 Å². The molecule has 5 nitrogen and oxygen atoms in total. The lowest BCUT2D eigenvalue weighted by atomic mass is 9.96. The van der Waals surface area contributed by atoms with E-state index in [1.807, 2.05) is 19.1 Å². The fraction of sp³-hybridized carbons (Fsp3) is 0.471. The van der Waals surface area contributed by atoms with Gasteiger partial charge in [0, 0.05) is 43.3 Å². The summed E-state index contributed by atoms with van der Waals surface area (Å²) in [7, 11) is 0. The predicted molar refractivity (Wildman–Crippen MR) is 87.4 cm³/mol. The van der Waals surface area contributed by atoms with Crippen LogP contribution in [0.15, 0.2) is 35.5 Å². The molecule has 0 unspecified atom stereocenters. The summed E-state index contributed by atoms with van der Waals surface area (Å²) in [6, 6.07) is 4.57. The van der Waals surface area contributed by atoms with Crippen LogP contribution in [0, 0.1) is 12.8 Å². The van der Waals surface area contributed by atoms with Crippen molar-refractivity contribution < 1.29 is 13.2 Å². The fourth-order valence-corrected chi connectivity index (χ4v) is 3.10. The monoisotopic (exact) mass is 352 g/mol. The second-order valence-electron chi connectivity index (χ2n) is 6.35. The molecular formula is C17H19F3N4O. The lowest BCUT2D eigenvalue weighted by Gasteiger charge is -2.33. The van der Waals surface area contributed by atoms with Crippen molar-refractivity contribution in [2.45, 2.75) is 32.5 Å². The van der Waals surface area contributed by atoms with E-state index in [0.717, 1.165) is 43.6 Å². The van der Waals surface area contributed by atoms with Crippen LogP contribution in [0.25, 0.3) is 0 Å². The van der Waals surface area contributed by atoms with Gasteiger partial charge in [-0.05, 0) is 37.8 Å². The highest BCUT2D eigenvalue weighted by Gasteiger charge is 2.33. The highest BCUT2D eigenvalue weighted by Crippen LogP contribution is 2.27. The number of hydrogen-bond donors (Lipinski definition) is 0. The van der Waals surface area contributed by atoms with Crippen LogP contribution in [0.2, 0.25) is 0 Å². The smallest absolute Gasteiger partial charge is 0.371 e. The van der Waals surface area contributed by atoms with E-state index in [9.17, 15) is 18.0 Å². The molecular weight excluding hydrogens is 333 g/mol. The van der Waals surface area contributed by atoms with Gasteiger partial charge in [-0.1, -0.05) is 0 Å². The Morgan fingerprint density at radius 3 is 2.52 bits per heavy atom. The largest absolute Gasteiger partial charge is 0.433 e. The molecule has 2 aromatic heterocycles. The number of aromatic nitrogens is 3. The highest BCUT2D eigenvalue weighted by atomic mass is 19.4. The Kier molecular flexibility index (Phi) is 4.78. The van der Waals surface area contributed by atoms with E-state index in [4.69, 9.17) is 0 Å². The van der Waals surface area contributed by atoms with Gasteiger partial charge in [0.2, 0.25) is 0 Å². The normalized spacial score (nSPS) is 16.2. The minimum atomic E-state index is -4.59. The fourth-order valence-electron chi connectivity index (χ4n) is 3.10. The summed E-state index contributed by atoms with van der Waals surface area (Å²) >= 11 is 0. The summed E-state index contributed by atoms with van der Waals surface area (Å²) in [6.07, 6.45) is -0.0656. The Morgan fingerprint density at radius 1 is 1.20 bits per heavy atom. The first-order chi connectivity index (χ1) is 11.8. The van der Waals surface area contributed by atoms with Gasteiger partial charge in [-0.3, -0.25) is 14.3 Å². The number of halogens is 3. The third-order valence-corrected chi connectivity index (χ3v) is 4.48. The minimum absolute atomic E-state index is 0.246. The molecule has 1 aliphatic heterocycles. The van der Waals surface area contributed by atoms with Gasteiger partial charge in [0.05, 0.1) is 6.33 Å². The molecule has 3 rings (SSSR count). The number of hydrogen-bond acceptors (Lipinski definition) is 4. The molecule has 8 heteroatoms. The molecule has 0 saturated carbocycles. The van der Waals surface area contributed by atoms with Crippen molar-refractivity contribution in [2.75, 3.05) is 18.0 Å². The zero-order valence-corrected chi connectivity index (χ0v) is 13.8. The lowest BCUT2D eigenvalue weighted by Crippen LogP contribution is -2.36. The Hall–Kier alpha value is -2.38. The summed E-state index contributed by atoms with van der Waals surface area (Å²) < 4.78 is 39.0. The van der Waals surface area contributed by atoms with Gasteiger partial charge >= 0.3 is 6.18 Å². The molecule has 0 spiro atoms. The molecule has 1 saturated heterocycles.